The van der Waals surface area contributed by atoms with Gasteiger partial charge in [0.05, 0.1) is 10.6 Å². The number of benzene rings is 1. The Morgan fingerprint density at radius 2 is 1.90 bits per heavy atom. The number of anilines is 1. The van der Waals surface area contributed by atoms with Crippen LogP contribution in [0, 0.1) is 6.92 Å². The van der Waals surface area contributed by atoms with E-state index in [0.717, 1.165) is 17.4 Å². The molecule has 1 heterocycles. The van der Waals surface area contributed by atoms with Gasteiger partial charge in [0, 0.05) is 6.07 Å². The minimum atomic E-state index is -1.06. The van der Waals surface area contributed by atoms with Crippen LogP contribution < -0.4 is 5.32 Å². The predicted octanol–water partition coefficient (Wildman–Crippen LogP) is 2.42. The van der Waals surface area contributed by atoms with E-state index in [1.807, 2.05) is 0 Å². The first kappa shape index (κ1) is 13.9. The van der Waals surface area contributed by atoms with Crippen LogP contribution in [0.15, 0.2) is 24.3 Å². The number of hydrogen-bond donors (Lipinski definition) is 4. The summed E-state index contributed by atoms with van der Waals surface area (Å²) >= 11 is 0.937. The molecule has 0 aliphatic heterocycles. The van der Waals surface area contributed by atoms with Crippen LogP contribution in [0.3, 0.4) is 0 Å². The van der Waals surface area contributed by atoms with Crippen molar-refractivity contribution in [2.75, 3.05) is 5.32 Å². The second-order valence-corrected chi connectivity index (χ2v) is 5.14. The summed E-state index contributed by atoms with van der Waals surface area (Å²) in [5.74, 6) is -2.14. The zero-order chi connectivity index (χ0) is 14.9. The third-order valence-electron chi connectivity index (χ3n) is 2.57. The van der Waals surface area contributed by atoms with Crippen LogP contribution >= 0.6 is 11.3 Å². The van der Waals surface area contributed by atoms with E-state index in [1.54, 1.807) is 13.0 Å². The fourth-order valence-electron chi connectivity index (χ4n) is 1.65. The summed E-state index contributed by atoms with van der Waals surface area (Å²) in [5.41, 5.74) is 0.540. The summed E-state index contributed by atoms with van der Waals surface area (Å²) in [4.78, 5) is 23.0. The maximum atomic E-state index is 11.9. The minimum absolute atomic E-state index is 0.00859. The van der Waals surface area contributed by atoms with Gasteiger partial charge in [-0.3, -0.25) is 4.79 Å². The van der Waals surface area contributed by atoms with Crippen molar-refractivity contribution >= 4 is 28.2 Å². The van der Waals surface area contributed by atoms with Gasteiger partial charge in [-0.05, 0) is 30.7 Å². The van der Waals surface area contributed by atoms with Crippen LogP contribution in [0.25, 0.3) is 0 Å². The van der Waals surface area contributed by atoms with E-state index in [2.05, 4.69) is 5.32 Å². The van der Waals surface area contributed by atoms with Crippen molar-refractivity contribution < 1.29 is 24.9 Å². The standard InChI is InChI=1S/C13H11NO5S/c1-6-4-10(20-11(6)13(18)19)14-12(17)8-3-2-7(15)5-9(8)16/h2-5,15-16H,1H3,(H,14,17)(H,18,19). The van der Waals surface area contributed by atoms with Crippen LogP contribution in [0.1, 0.15) is 25.6 Å². The molecule has 0 spiro atoms. The third-order valence-corrected chi connectivity index (χ3v) is 3.72. The molecule has 1 aromatic carbocycles. The SMILES string of the molecule is Cc1cc(NC(=O)c2ccc(O)cc2O)sc1C(=O)O. The van der Waals surface area contributed by atoms with Gasteiger partial charge in [0.15, 0.2) is 0 Å². The number of carboxylic acid groups (broad SMARTS) is 1. The van der Waals surface area contributed by atoms with E-state index < -0.39 is 11.9 Å². The Bertz CT molecular complexity index is 692. The Morgan fingerprint density at radius 3 is 2.45 bits per heavy atom. The van der Waals surface area contributed by atoms with Crippen molar-refractivity contribution in [2.24, 2.45) is 0 Å². The Kier molecular flexibility index (Phi) is 3.62. The molecule has 0 aliphatic carbocycles. The lowest BCUT2D eigenvalue weighted by Crippen LogP contribution is -2.10. The molecule has 0 radical (unpaired) electrons. The molecule has 1 amide bonds. The summed E-state index contributed by atoms with van der Waals surface area (Å²) < 4.78 is 0. The van der Waals surface area contributed by atoms with Crippen LogP contribution in [-0.4, -0.2) is 27.2 Å². The number of amides is 1. The molecule has 20 heavy (non-hydrogen) atoms. The van der Waals surface area contributed by atoms with Crippen LogP contribution in [-0.2, 0) is 0 Å². The number of aromatic carboxylic acids is 1. The number of hydrogen-bond acceptors (Lipinski definition) is 5. The maximum absolute atomic E-state index is 11.9. The summed E-state index contributed by atoms with van der Waals surface area (Å²) in [6.07, 6.45) is 0. The highest BCUT2D eigenvalue weighted by Crippen LogP contribution is 2.28. The van der Waals surface area contributed by atoms with E-state index in [9.17, 15) is 14.7 Å². The number of phenolic OH excluding ortho intramolecular Hbond substituents is 2. The van der Waals surface area contributed by atoms with Crippen molar-refractivity contribution in [1.82, 2.24) is 0 Å². The summed E-state index contributed by atoms with van der Waals surface area (Å²) in [6, 6.07) is 5.15. The fraction of sp³-hybridized carbons (Fsp3) is 0.0769. The zero-order valence-corrected chi connectivity index (χ0v) is 11.2. The Hall–Kier alpha value is -2.54. The zero-order valence-electron chi connectivity index (χ0n) is 10.4. The summed E-state index contributed by atoms with van der Waals surface area (Å²) in [7, 11) is 0. The molecule has 2 rings (SSSR count). The molecule has 0 atom stereocenters. The predicted molar refractivity (Wildman–Crippen MR) is 73.7 cm³/mol. The van der Waals surface area contributed by atoms with Crippen molar-refractivity contribution in [2.45, 2.75) is 6.92 Å². The smallest absolute Gasteiger partial charge is 0.346 e. The number of rotatable bonds is 3. The van der Waals surface area contributed by atoms with E-state index in [-0.39, 0.29) is 21.9 Å². The molecule has 0 fully saturated rings. The molecule has 6 nitrogen and oxygen atoms in total. The van der Waals surface area contributed by atoms with Crippen LogP contribution in [0.4, 0.5) is 5.00 Å². The topological polar surface area (TPSA) is 107 Å². The van der Waals surface area contributed by atoms with E-state index >= 15 is 0 Å². The summed E-state index contributed by atoms with van der Waals surface area (Å²) in [5, 5.41) is 30.5. The highest BCUT2D eigenvalue weighted by atomic mass is 32.1. The normalized spacial score (nSPS) is 10.2. The molecule has 0 saturated carbocycles. The molecule has 7 heteroatoms. The maximum Gasteiger partial charge on any atom is 0.346 e. The number of aryl methyl sites for hydroxylation is 1. The molecule has 2 aromatic rings. The van der Waals surface area contributed by atoms with Crippen molar-refractivity contribution in [3.8, 4) is 11.5 Å². The molecule has 0 unspecified atom stereocenters. The molecule has 0 aliphatic rings. The van der Waals surface area contributed by atoms with E-state index in [4.69, 9.17) is 10.2 Å². The highest BCUT2D eigenvalue weighted by molar-refractivity contribution is 7.18. The third kappa shape index (κ3) is 2.72. The second-order valence-electron chi connectivity index (χ2n) is 4.08. The minimum Gasteiger partial charge on any atom is -0.508 e. The highest BCUT2D eigenvalue weighted by Gasteiger charge is 2.16. The van der Waals surface area contributed by atoms with Crippen molar-refractivity contribution in [3.05, 3.63) is 40.3 Å². The number of nitrogens with one attached hydrogen (secondary N) is 1. The van der Waals surface area contributed by atoms with Gasteiger partial charge < -0.3 is 20.6 Å². The lowest BCUT2D eigenvalue weighted by Gasteiger charge is -2.05. The van der Waals surface area contributed by atoms with Gasteiger partial charge in [0.1, 0.15) is 16.4 Å². The summed E-state index contributed by atoms with van der Waals surface area (Å²) in [6.45, 7) is 1.63. The van der Waals surface area contributed by atoms with Crippen molar-refractivity contribution in [1.29, 1.82) is 0 Å². The molecular formula is C13H11NO5S. The second kappa shape index (κ2) is 5.22. The Morgan fingerprint density at radius 1 is 1.20 bits per heavy atom. The van der Waals surface area contributed by atoms with E-state index in [0.29, 0.717) is 10.6 Å². The van der Waals surface area contributed by atoms with Gasteiger partial charge in [0.25, 0.3) is 5.91 Å². The lowest BCUT2D eigenvalue weighted by atomic mass is 10.2. The van der Waals surface area contributed by atoms with E-state index in [1.165, 1.54) is 12.1 Å². The van der Waals surface area contributed by atoms with Gasteiger partial charge in [-0.1, -0.05) is 0 Å². The van der Waals surface area contributed by atoms with Crippen LogP contribution in [0.2, 0.25) is 0 Å². The van der Waals surface area contributed by atoms with Gasteiger partial charge in [-0.2, -0.15) is 0 Å². The molecule has 104 valence electrons. The van der Waals surface area contributed by atoms with Crippen molar-refractivity contribution in [3.63, 3.8) is 0 Å². The first-order valence-electron chi connectivity index (χ1n) is 5.55. The Balaban J connectivity index is 2.23. The quantitative estimate of drug-likeness (QED) is 0.695. The van der Waals surface area contributed by atoms with Gasteiger partial charge in [-0.25, -0.2) is 4.79 Å². The number of thiophene rings is 1. The average molecular weight is 293 g/mol. The largest absolute Gasteiger partial charge is 0.508 e. The number of carbonyl (C=O) groups excluding carboxylic acids is 1. The Labute approximate surface area is 117 Å². The average Bonchev–Trinajstić information content (AvgIpc) is 2.70. The molecular weight excluding hydrogens is 282 g/mol. The molecule has 0 saturated heterocycles. The van der Waals surface area contributed by atoms with Gasteiger partial charge in [-0.15, -0.1) is 11.3 Å². The first-order chi connectivity index (χ1) is 9.38. The molecule has 4 N–H and O–H groups in total. The van der Waals surface area contributed by atoms with Gasteiger partial charge >= 0.3 is 5.97 Å². The number of aromatic hydroxyl groups is 2. The molecule has 0 bridgehead atoms. The number of carboxylic acids is 1. The molecule has 1 aromatic heterocycles. The number of phenols is 2. The number of carbonyl (C=O) groups is 2. The monoisotopic (exact) mass is 293 g/mol. The first-order valence-corrected chi connectivity index (χ1v) is 6.37. The van der Waals surface area contributed by atoms with Gasteiger partial charge in [0.2, 0.25) is 0 Å². The van der Waals surface area contributed by atoms with Crippen LogP contribution in [0.5, 0.6) is 11.5 Å². The lowest BCUT2D eigenvalue weighted by molar-refractivity contribution is 0.0701. The fourth-order valence-corrected chi connectivity index (χ4v) is 2.55.